The SMILES string of the molecule is CC(C)(C)[n+]1csc(NC(N)=O)c1. The molecule has 0 radical (unpaired) electrons. The summed E-state index contributed by atoms with van der Waals surface area (Å²) in [5.74, 6) is 0. The van der Waals surface area contributed by atoms with Gasteiger partial charge < -0.3 is 5.73 Å². The summed E-state index contributed by atoms with van der Waals surface area (Å²) in [6, 6.07) is -0.525. The van der Waals surface area contributed by atoms with Gasteiger partial charge in [-0.15, -0.1) is 0 Å². The maximum atomic E-state index is 10.5. The van der Waals surface area contributed by atoms with Crippen molar-refractivity contribution in [3.05, 3.63) is 11.7 Å². The minimum absolute atomic E-state index is 0.0358. The van der Waals surface area contributed by atoms with E-state index in [9.17, 15) is 4.79 Å². The zero-order valence-electron chi connectivity index (χ0n) is 8.00. The van der Waals surface area contributed by atoms with Crippen LogP contribution in [0.5, 0.6) is 0 Å². The lowest BCUT2D eigenvalue weighted by molar-refractivity contribution is -0.749. The highest BCUT2D eigenvalue weighted by Gasteiger charge is 2.23. The molecule has 1 heterocycles. The normalized spacial score (nSPS) is 11.3. The highest BCUT2D eigenvalue weighted by atomic mass is 32.1. The van der Waals surface area contributed by atoms with Crippen LogP contribution in [0.1, 0.15) is 20.8 Å². The van der Waals surface area contributed by atoms with Crippen molar-refractivity contribution in [2.24, 2.45) is 5.73 Å². The van der Waals surface area contributed by atoms with Gasteiger partial charge in [0.1, 0.15) is 0 Å². The predicted molar refractivity (Wildman–Crippen MR) is 52.7 cm³/mol. The van der Waals surface area contributed by atoms with Crippen molar-refractivity contribution in [3.8, 4) is 0 Å². The van der Waals surface area contributed by atoms with Gasteiger partial charge in [-0.25, -0.2) is 4.79 Å². The van der Waals surface area contributed by atoms with E-state index in [4.69, 9.17) is 5.73 Å². The number of rotatable bonds is 1. The molecule has 0 aliphatic rings. The van der Waals surface area contributed by atoms with Gasteiger partial charge in [-0.05, 0) is 0 Å². The van der Waals surface area contributed by atoms with Gasteiger partial charge in [0.05, 0.1) is 0 Å². The van der Waals surface area contributed by atoms with Crippen LogP contribution < -0.4 is 15.6 Å². The van der Waals surface area contributed by atoms with E-state index in [1.807, 2.05) is 16.3 Å². The van der Waals surface area contributed by atoms with Crippen molar-refractivity contribution in [3.63, 3.8) is 0 Å². The fourth-order valence-electron chi connectivity index (χ4n) is 0.836. The minimum atomic E-state index is -0.525. The molecule has 0 fully saturated rings. The van der Waals surface area contributed by atoms with Crippen molar-refractivity contribution < 1.29 is 9.36 Å². The van der Waals surface area contributed by atoms with E-state index < -0.39 is 6.03 Å². The molecule has 13 heavy (non-hydrogen) atoms. The second-order valence-corrected chi connectivity index (χ2v) is 4.67. The van der Waals surface area contributed by atoms with Gasteiger partial charge >= 0.3 is 6.03 Å². The predicted octanol–water partition coefficient (Wildman–Crippen LogP) is 1.28. The molecular weight excluding hydrogens is 186 g/mol. The molecule has 0 unspecified atom stereocenters. The zero-order chi connectivity index (χ0) is 10.1. The number of hydrogen-bond donors (Lipinski definition) is 2. The molecule has 72 valence electrons. The van der Waals surface area contributed by atoms with E-state index in [1.165, 1.54) is 11.3 Å². The van der Waals surface area contributed by atoms with Crippen molar-refractivity contribution in [2.75, 3.05) is 5.32 Å². The van der Waals surface area contributed by atoms with Crippen LogP contribution in [0.2, 0.25) is 0 Å². The van der Waals surface area contributed by atoms with Crippen LogP contribution in [0.25, 0.3) is 0 Å². The third-order valence-corrected chi connectivity index (χ3v) is 2.36. The summed E-state index contributed by atoms with van der Waals surface area (Å²) in [7, 11) is 0. The summed E-state index contributed by atoms with van der Waals surface area (Å²) in [5.41, 5.74) is 6.98. The van der Waals surface area contributed by atoms with Crippen molar-refractivity contribution >= 4 is 22.4 Å². The number of thiazole rings is 1. The number of aromatic nitrogens is 1. The maximum absolute atomic E-state index is 10.5. The maximum Gasteiger partial charge on any atom is 0.317 e. The number of urea groups is 1. The summed E-state index contributed by atoms with van der Waals surface area (Å²) >= 11 is 1.46. The highest BCUT2D eigenvalue weighted by molar-refractivity contribution is 7.13. The Hall–Kier alpha value is -1.10. The van der Waals surface area contributed by atoms with Crippen molar-refractivity contribution in [2.45, 2.75) is 26.3 Å². The Kier molecular flexibility index (Phi) is 2.56. The van der Waals surface area contributed by atoms with Crippen LogP contribution in [-0.2, 0) is 5.54 Å². The van der Waals surface area contributed by atoms with E-state index in [2.05, 4.69) is 26.1 Å². The monoisotopic (exact) mass is 200 g/mol. The van der Waals surface area contributed by atoms with Crippen LogP contribution in [0.3, 0.4) is 0 Å². The third kappa shape index (κ3) is 2.69. The van der Waals surface area contributed by atoms with Gasteiger partial charge in [-0.2, -0.15) is 4.57 Å². The smallest absolute Gasteiger partial charge is 0.317 e. The molecule has 5 heteroatoms. The van der Waals surface area contributed by atoms with Gasteiger partial charge in [0, 0.05) is 20.8 Å². The molecule has 0 saturated carbocycles. The first-order chi connectivity index (χ1) is 5.89. The molecular formula is C8H14N3OS+. The zero-order valence-corrected chi connectivity index (χ0v) is 8.81. The Morgan fingerprint density at radius 2 is 2.23 bits per heavy atom. The summed E-state index contributed by atoms with van der Waals surface area (Å²) in [5, 5.41) is 3.30. The van der Waals surface area contributed by atoms with Crippen LogP contribution >= 0.6 is 11.3 Å². The van der Waals surface area contributed by atoms with E-state index >= 15 is 0 Å². The lowest BCUT2D eigenvalue weighted by atomic mass is 10.1. The fraction of sp³-hybridized carbons (Fsp3) is 0.500. The van der Waals surface area contributed by atoms with Crippen LogP contribution in [-0.4, -0.2) is 6.03 Å². The molecule has 2 amide bonds. The molecule has 0 spiro atoms. The second kappa shape index (κ2) is 3.33. The number of carbonyl (C=O) groups excluding carboxylic acids is 1. The molecule has 1 aromatic rings. The minimum Gasteiger partial charge on any atom is -0.351 e. The largest absolute Gasteiger partial charge is 0.351 e. The van der Waals surface area contributed by atoms with Gasteiger partial charge in [0.15, 0.2) is 10.5 Å². The lowest BCUT2D eigenvalue weighted by Crippen LogP contribution is -2.48. The molecule has 0 atom stereocenters. The quantitative estimate of drug-likeness (QED) is 0.659. The molecule has 0 aliphatic heterocycles. The first-order valence-electron chi connectivity index (χ1n) is 3.96. The number of primary amides is 1. The summed E-state index contributed by atoms with van der Waals surface area (Å²) < 4.78 is 2.03. The van der Waals surface area contributed by atoms with Gasteiger partial charge in [-0.3, -0.25) is 5.32 Å². The van der Waals surface area contributed by atoms with Gasteiger partial charge in [0.2, 0.25) is 11.7 Å². The van der Waals surface area contributed by atoms with E-state index in [0.29, 0.717) is 0 Å². The first-order valence-corrected chi connectivity index (χ1v) is 4.84. The van der Waals surface area contributed by atoms with Gasteiger partial charge in [-0.1, -0.05) is 11.3 Å². The lowest BCUT2D eigenvalue weighted by Gasteiger charge is -2.09. The topological polar surface area (TPSA) is 59.0 Å². The van der Waals surface area contributed by atoms with Gasteiger partial charge in [0.25, 0.3) is 0 Å². The summed E-state index contributed by atoms with van der Waals surface area (Å²) in [6.45, 7) is 6.27. The molecule has 0 bridgehead atoms. The number of nitrogens with two attached hydrogens (primary N) is 1. The Morgan fingerprint density at radius 3 is 2.62 bits per heavy atom. The number of anilines is 1. The van der Waals surface area contributed by atoms with E-state index in [1.54, 1.807) is 0 Å². The molecule has 4 nitrogen and oxygen atoms in total. The third-order valence-electron chi connectivity index (χ3n) is 1.57. The van der Waals surface area contributed by atoms with E-state index in [-0.39, 0.29) is 5.54 Å². The number of nitrogens with zero attached hydrogens (tertiary/aromatic N) is 1. The average Bonchev–Trinajstić information content (AvgIpc) is 2.32. The first kappa shape index (κ1) is 9.98. The number of nitrogens with one attached hydrogen (secondary N) is 1. The summed E-state index contributed by atoms with van der Waals surface area (Å²) in [4.78, 5) is 10.5. The van der Waals surface area contributed by atoms with Crippen molar-refractivity contribution in [1.29, 1.82) is 0 Å². The Morgan fingerprint density at radius 1 is 1.62 bits per heavy atom. The molecule has 0 aromatic carbocycles. The Balaban J connectivity index is 2.81. The summed E-state index contributed by atoms with van der Waals surface area (Å²) in [6.07, 6.45) is 1.87. The molecule has 0 aliphatic carbocycles. The standard InChI is InChI=1S/C8H13N3OS/c1-8(2,3)11-4-6(13-5-11)10-7(9)12/h4-5H,1-3H3,(H2-,9,10,12)/p+1. The molecule has 0 saturated heterocycles. The van der Waals surface area contributed by atoms with Crippen molar-refractivity contribution in [1.82, 2.24) is 0 Å². The Bertz CT molecular complexity index is 313. The second-order valence-electron chi connectivity index (χ2n) is 3.78. The van der Waals surface area contributed by atoms with Crippen LogP contribution in [0.15, 0.2) is 11.7 Å². The average molecular weight is 200 g/mol. The molecule has 1 rings (SSSR count). The number of carbonyl (C=O) groups is 1. The Labute approximate surface area is 81.4 Å². The molecule has 3 N–H and O–H groups in total. The number of amides is 2. The number of hydrogen-bond acceptors (Lipinski definition) is 2. The van der Waals surface area contributed by atoms with Crippen LogP contribution in [0, 0.1) is 0 Å². The molecule has 1 aromatic heterocycles. The van der Waals surface area contributed by atoms with Crippen LogP contribution in [0.4, 0.5) is 9.80 Å². The van der Waals surface area contributed by atoms with E-state index in [0.717, 1.165) is 5.00 Å². The fourth-order valence-corrected chi connectivity index (χ4v) is 1.77. The highest BCUT2D eigenvalue weighted by Crippen LogP contribution is 2.14.